The number of hydrogen-bond donors (Lipinski definition) is 1. The highest BCUT2D eigenvalue weighted by Gasteiger charge is 2.36. The molecule has 0 bridgehead atoms. The molecule has 1 aliphatic heterocycles. The van der Waals surface area contributed by atoms with Gasteiger partial charge in [-0.1, -0.05) is 18.2 Å². The zero-order valence-electron chi connectivity index (χ0n) is 13.7. The fourth-order valence-electron chi connectivity index (χ4n) is 2.93. The zero-order valence-corrected chi connectivity index (χ0v) is 13.7. The van der Waals surface area contributed by atoms with Gasteiger partial charge in [0.25, 0.3) is 0 Å². The average molecular weight is 343 g/mol. The third kappa shape index (κ3) is 3.45. The molecule has 0 radical (unpaired) electrons. The summed E-state index contributed by atoms with van der Waals surface area (Å²) in [6.45, 7) is 0.633. The van der Waals surface area contributed by atoms with Crippen molar-refractivity contribution < 1.29 is 18.7 Å². The maximum atomic E-state index is 14.2. The summed E-state index contributed by atoms with van der Waals surface area (Å²) in [5.74, 6) is -0.713. The van der Waals surface area contributed by atoms with Crippen LogP contribution in [0, 0.1) is 5.82 Å². The van der Waals surface area contributed by atoms with E-state index in [0.29, 0.717) is 24.5 Å². The fraction of sp³-hybridized carbons (Fsp3) is 0.278. The number of carbonyl (C=O) groups excluding carboxylic acids is 2. The van der Waals surface area contributed by atoms with Gasteiger partial charge >= 0.3 is 0 Å². The molecule has 1 saturated heterocycles. The van der Waals surface area contributed by atoms with Crippen LogP contribution < -0.4 is 10.1 Å². The molecule has 1 N–H and O–H groups in total. The van der Waals surface area contributed by atoms with Crippen LogP contribution in [-0.4, -0.2) is 41.9 Å². The summed E-state index contributed by atoms with van der Waals surface area (Å²) < 4.78 is 19.4. The molecule has 0 saturated carbocycles. The van der Waals surface area contributed by atoms with Crippen molar-refractivity contribution in [1.29, 1.82) is 0 Å². The lowest BCUT2D eigenvalue weighted by atomic mass is 10.0. The number of ether oxygens (including phenoxy) is 1. The van der Waals surface area contributed by atoms with Crippen molar-refractivity contribution in [3.63, 3.8) is 0 Å². The van der Waals surface area contributed by atoms with Crippen LogP contribution >= 0.6 is 0 Å². The second-order valence-corrected chi connectivity index (χ2v) is 5.63. The first kappa shape index (κ1) is 16.9. The summed E-state index contributed by atoms with van der Waals surface area (Å²) in [5.41, 5.74) is 0.661. The fourth-order valence-corrected chi connectivity index (χ4v) is 2.93. The van der Waals surface area contributed by atoms with Crippen LogP contribution in [0.25, 0.3) is 0 Å². The molecule has 1 aliphatic rings. The molecule has 2 heterocycles. The number of methoxy groups -OCH3 is 1. The molecule has 25 heavy (non-hydrogen) atoms. The molecule has 1 unspecified atom stereocenters. The molecule has 1 fully saturated rings. The minimum Gasteiger partial charge on any atom is -0.495 e. The standard InChI is InChI=1S/C18H18FN3O3/c1-25-15-7-4-8-20-14(15)11-16(23)22-10-9-21-18(24)17(22)12-5-2-3-6-13(12)19/h2-8,17H,9-11H2,1H3,(H,21,24). The number of carbonyl (C=O) groups is 2. The molecular formula is C18H18FN3O3. The lowest BCUT2D eigenvalue weighted by molar-refractivity contribution is -0.143. The van der Waals surface area contributed by atoms with Gasteiger partial charge < -0.3 is 15.0 Å². The Labute approximate surface area is 144 Å². The second-order valence-electron chi connectivity index (χ2n) is 5.63. The van der Waals surface area contributed by atoms with Crippen LogP contribution in [0.2, 0.25) is 0 Å². The van der Waals surface area contributed by atoms with Gasteiger partial charge in [0, 0.05) is 24.8 Å². The molecule has 1 atom stereocenters. The summed E-state index contributed by atoms with van der Waals surface area (Å²) in [5, 5.41) is 2.69. The Balaban J connectivity index is 1.89. The average Bonchev–Trinajstić information content (AvgIpc) is 2.63. The van der Waals surface area contributed by atoms with Crippen LogP contribution in [0.4, 0.5) is 4.39 Å². The van der Waals surface area contributed by atoms with E-state index in [1.165, 1.54) is 24.1 Å². The Bertz CT molecular complexity index is 797. The molecule has 1 aromatic heterocycles. The SMILES string of the molecule is COc1cccnc1CC(=O)N1CCNC(=O)C1c1ccccc1F. The van der Waals surface area contributed by atoms with E-state index in [1.54, 1.807) is 30.5 Å². The van der Waals surface area contributed by atoms with Gasteiger partial charge in [0.15, 0.2) is 0 Å². The number of halogens is 1. The first-order valence-corrected chi connectivity index (χ1v) is 7.91. The van der Waals surface area contributed by atoms with Crippen molar-refractivity contribution >= 4 is 11.8 Å². The highest BCUT2D eigenvalue weighted by atomic mass is 19.1. The van der Waals surface area contributed by atoms with Crippen molar-refractivity contribution in [3.8, 4) is 5.75 Å². The Hall–Kier alpha value is -2.96. The third-order valence-electron chi connectivity index (χ3n) is 4.12. The summed E-state index contributed by atoms with van der Waals surface area (Å²) >= 11 is 0. The quantitative estimate of drug-likeness (QED) is 0.913. The minimum absolute atomic E-state index is 0.0255. The van der Waals surface area contributed by atoms with Gasteiger partial charge in [-0.2, -0.15) is 0 Å². The summed E-state index contributed by atoms with van der Waals surface area (Å²) in [6, 6.07) is 8.43. The first-order chi connectivity index (χ1) is 12.1. The molecule has 3 rings (SSSR count). The highest BCUT2D eigenvalue weighted by Crippen LogP contribution is 2.27. The van der Waals surface area contributed by atoms with E-state index >= 15 is 0 Å². The Morgan fingerprint density at radius 1 is 1.36 bits per heavy atom. The van der Waals surface area contributed by atoms with Gasteiger partial charge in [0.05, 0.1) is 19.2 Å². The highest BCUT2D eigenvalue weighted by molar-refractivity contribution is 5.90. The molecule has 2 amide bonds. The lowest BCUT2D eigenvalue weighted by Gasteiger charge is -2.35. The molecule has 1 aromatic carbocycles. The molecule has 0 spiro atoms. The van der Waals surface area contributed by atoms with Crippen molar-refractivity contribution in [2.45, 2.75) is 12.5 Å². The third-order valence-corrected chi connectivity index (χ3v) is 4.12. The van der Waals surface area contributed by atoms with E-state index in [4.69, 9.17) is 4.74 Å². The zero-order chi connectivity index (χ0) is 17.8. The van der Waals surface area contributed by atoms with Crippen molar-refractivity contribution in [2.24, 2.45) is 0 Å². The van der Waals surface area contributed by atoms with E-state index in [-0.39, 0.29) is 17.9 Å². The molecule has 6 nitrogen and oxygen atoms in total. The number of hydrogen-bond acceptors (Lipinski definition) is 4. The maximum absolute atomic E-state index is 14.2. The van der Waals surface area contributed by atoms with Crippen LogP contribution in [0.1, 0.15) is 17.3 Å². The molecule has 0 aliphatic carbocycles. The molecule has 7 heteroatoms. The van der Waals surface area contributed by atoms with E-state index < -0.39 is 17.8 Å². The Morgan fingerprint density at radius 3 is 2.92 bits per heavy atom. The van der Waals surface area contributed by atoms with Gasteiger partial charge in [0.1, 0.15) is 17.6 Å². The van der Waals surface area contributed by atoms with Crippen molar-refractivity contribution in [3.05, 3.63) is 59.7 Å². The van der Waals surface area contributed by atoms with E-state index in [9.17, 15) is 14.0 Å². The number of nitrogens with zero attached hydrogens (tertiary/aromatic N) is 2. The number of nitrogens with one attached hydrogen (secondary N) is 1. The Morgan fingerprint density at radius 2 is 2.16 bits per heavy atom. The van der Waals surface area contributed by atoms with E-state index in [2.05, 4.69) is 10.3 Å². The van der Waals surface area contributed by atoms with Gasteiger partial charge in [0.2, 0.25) is 11.8 Å². The number of amides is 2. The smallest absolute Gasteiger partial charge is 0.247 e. The summed E-state index contributed by atoms with van der Waals surface area (Å²) in [7, 11) is 1.50. The van der Waals surface area contributed by atoms with Gasteiger partial charge in [-0.05, 0) is 18.2 Å². The predicted octanol–water partition coefficient (Wildman–Crippen LogP) is 1.47. The number of piperazine rings is 1. The number of benzene rings is 1. The predicted molar refractivity (Wildman–Crippen MR) is 88.4 cm³/mol. The van der Waals surface area contributed by atoms with Gasteiger partial charge in [-0.25, -0.2) is 4.39 Å². The monoisotopic (exact) mass is 343 g/mol. The maximum Gasteiger partial charge on any atom is 0.247 e. The minimum atomic E-state index is -0.989. The van der Waals surface area contributed by atoms with Crippen LogP contribution in [-0.2, 0) is 16.0 Å². The van der Waals surface area contributed by atoms with Crippen LogP contribution in [0.15, 0.2) is 42.6 Å². The topological polar surface area (TPSA) is 71.5 Å². The number of aromatic nitrogens is 1. The van der Waals surface area contributed by atoms with Gasteiger partial charge in [-0.3, -0.25) is 14.6 Å². The molecule has 130 valence electrons. The largest absolute Gasteiger partial charge is 0.495 e. The van der Waals surface area contributed by atoms with Crippen LogP contribution in [0.3, 0.4) is 0 Å². The summed E-state index contributed by atoms with van der Waals surface area (Å²) in [4.78, 5) is 30.7. The normalized spacial score (nSPS) is 17.1. The van der Waals surface area contributed by atoms with Crippen LogP contribution in [0.5, 0.6) is 5.75 Å². The van der Waals surface area contributed by atoms with E-state index in [0.717, 1.165) is 0 Å². The van der Waals surface area contributed by atoms with Crippen molar-refractivity contribution in [2.75, 3.05) is 20.2 Å². The van der Waals surface area contributed by atoms with Gasteiger partial charge in [-0.15, -0.1) is 0 Å². The molecular weight excluding hydrogens is 325 g/mol. The summed E-state index contributed by atoms with van der Waals surface area (Å²) in [6.07, 6.45) is 1.55. The Kier molecular flexibility index (Phi) is 4.92. The number of rotatable bonds is 4. The molecule has 2 aromatic rings. The number of pyridine rings is 1. The van der Waals surface area contributed by atoms with E-state index in [1.807, 2.05) is 0 Å². The lowest BCUT2D eigenvalue weighted by Crippen LogP contribution is -2.52. The first-order valence-electron chi connectivity index (χ1n) is 7.91. The second kappa shape index (κ2) is 7.29. The van der Waals surface area contributed by atoms with Crippen molar-refractivity contribution in [1.82, 2.24) is 15.2 Å².